The third-order valence-electron chi connectivity index (χ3n) is 1.38. The van der Waals surface area contributed by atoms with Gasteiger partial charge >= 0.3 is 0 Å². The molecular formula is C5H14N2O3. The van der Waals surface area contributed by atoms with Crippen molar-refractivity contribution in [1.29, 1.82) is 0 Å². The zero-order valence-electron chi connectivity index (χ0n) is 6.02. The maximum absolute atomic E-state index is 10.6. The normalized spacial score (nSPS) is 28.8. The maximum Gasteiger partial charge on any atom is 0.203 e. The second kappa shape index (κ2) is 4.59. The Kier molecular flexibility index (Phi) is 4.50. The zero-order valence-corrected chi connectivity index (χ0v) is 6.02. The summed E-state index contributed by atoms with van der Waals surface area (Å²) in [5, 5.41) is 13.8. The zero-order chi connectivity index (χ0) is 6.69. The van der Waals surface area contributed by atoms with Crippen LogP contribution in [-0.2, 0) is 4.74 Å². The molecule has 0 aromatic heterocycles. The van der Waals surface area contributed by atoms with Crippen LogP contribution in [0.1, 0.15) is 0 Å². The number of nitrogens with one attached hydrogen (secondary N) is 2. The van der Waals surface area contributed by atoms with Gasteiger partial charge in [0.05, 0.1) is 20.2 Å². The number of rotatable bonds is 1. The quantitative estimate of drug-likeness (QED) is 0.394. The lowest BCUT2D eigenvalue weighted by atomic mass is 10.4. The molecule has 0 bridgehead atoms. The van der Waals surface area contributed by atoms with Gasteiger partial charge in [-0.25, -0.2) is 0 Å². The molecule has 5 heteroatoms. The van der Waals surface area contributed by atoms with E-state index in [1.165, 1.54) is 0 Å². The van der Waals surface area contributed by atoms with E-state index < -0.39 is 0 Å². The average molecular weight is 150 g/mol. The summed E-state index contributed by atoms with van der Waals surface area (Å²) >= 11 is 0. The molecule has 4 N–H and O–H groups in total. The number of hydroxylamine groups is 2. The molecule has 2 unspecified atom stereocenters. The van der Waals surface area contributed by atoms with Crippen molar-refractivity contribution in [1.82, 2.24) is 5.32 Å². The summed E-state index contributed by atoms with van der Waals surface area (Å²) in [5.74, 6) is 0. The van der Waals surface area contributed by atoms with Crippen LogP contribution in [0.4, 0.5) is 0 Å². The van der Waals surface area contributed by atoms with Crippen molar-refractivity contribution in [2.75, 3.05) is 26.7 Å². The highest BCUT2D eigenvalue weighted by atomic mass is 16.6. The minimum atomic E-state index is -0.196. The first-order valence-electron chi connectivity index (χ1n) is 3.13. The highest BCUT2D eigenvalue weighted by molar-refractivity contribution is 4.55. The Morgan fingerprint density at radius 1 is 1.70 bits per heavy atom. The molecular weight excluding hydrogens is 136 g/mol. The van der Waals surface area contributed by atoms with E-state index in [0.29, 0.717) is 13.2 Å². The Bertz CT molecular complexity index is 83.0. The fourth-order valence-corrected chi connectivity index (χ4v) is 0.827. The Morgan fingerprint density at radius 2 is 2.40 bits per heavy atom. The van der Waals surface area contributed by atoms with Crippen LogP contribution in [0.5, 0.6) is 0 Å². The van der Waals surface area contributed by atoms with Crippen LogP contribution in [0.15, 0.2) is 0 Å². The number of morpholine rings is 1. The second-order valence-electron chi connectivity index (χ2n) is 2.17. The van der Waals surface area contributed by atoms with Crippen LogP contribution in [0, 0.1) is 5.21 Å². The van der Waals surface area contributed by atoms with Crippen LogP contribution in [-0.4, -0.2) is 38.4 Å². The smallest absolute Gasteiger partial charge is 0.203 e. The van der Waals surface area contributed by atoms with Gasteiger partial charge in [0.1, 0.15) is 0 Å². The third kappa shape index (κ3) is 2.59. The molecule has 1 saturated heterocycles. The summed E-state index contributed by atoms with van der Waals surface area (Å²) in [7, 11) is 1.55. The molecule has 5 nitrogen and oxygen atoms in total. The first-order valence-corrected chi connectivity index (χ1v) is 3.13. The Hall–Kier alpha value is -0.200. The molecule has 10 heavy (non-hydrogen) atoms. The molecule has 0 radical (unpaired) electrons. The lowest BCUT2D eigenvalue weighted by molar-refractivity contribution is -0.881. The summed E-state index contributed by atoms with van der Waals surface area (Å²) in [6.07, 6.45) is -0.196. The number of hydrogen-bond acceptors (Lipinski definition) is 3. The van der Waals surface area contributed by atoms with Crippen LogP contribution < -0.4 is 10.4 Å². The second-order valence-corrected chi connectivity index (χ2v) is 2.17. The van der Waals surface area contributed by atoms with Gasteiger partial charge in [-0.05, 0) is 0 Å². The van der Waals surface area contributed by atoms with Gasteiger partial charge in [0, 0.05) is 6.54 Å². The van der Waals surface area contributed by atoms with E-state index in [0.717, 1.165) is 6.54 Å². The molecule has 2 atom stereocenters. The van der Waals surface area contributed by atoms with E-state index in [1.807, 2.05) is 0 Å². The minimum absolute atomic E-state index is 0. The van der Waals surface area contributed by atoms with Crippen LogP contribution in [0.2, 0.25) is 0 Å². The summed E-state index contributed by atoms with van der Waals surface area (Å²) < 4.78 is 5.13. The predicted molar refractivity (Wildman–Crippen MR) is 36.5 cm³/mol. The number of quaternary nitrogens is 1. The molecule has 0 aromatic carbocycles. The molecule has 0 aliphatic carbocycles. The van der Waals surface area contributed by atoms with Gasteiger partial charge in [-0.3, -0.25) is 0 Å². The van der Waals surface area contributed by atoms with Crippen LogP contribution in [0.25, 0.3) is 0 Å². The SMILES string of the molecule is C[NH+]([O-])C1CNCCO1.O. The van der Waals surface area contributed by atoms with Gasteiger partial charge in [0.25, 0.3) is 0 Å². The first kappa shape index (κ1) is 9.80. The van der Waals surface area contributed by atoms with Crippen molar-refractivity contribution in [2.24, 2.45) is 0 Å². The topological polar surface area (TPSA) is 80.3 Å². The van der Waals surface area contributed by atoms with Crippen molar-refractivity contribution in [2.45, 2.75) is 6.23 Å². The summed E-state index contributed by atoms with van der Waals surface area (Å²) in [6.45, 7) is 2.20. The van der Waals surface area contributed by atoms with E-state index in [2.05, 4.69) is 5.32 Å². The average Bonchev–Trinajstić information content (AvgIpc) is 1.90. The maximum atomic E-state index is 10.6. The van der Waals surface area contributed by atoms with Crippen LogP contribution in [0.3, 0.4) is 0 Å². The van der Waals surface area contributed by atoms with E-state index in [1.54, 1.807) is 7.05 Å². The molecule has 1 fully saturated rings. The molecule has 0 saturated carbocycles. The Balaban J connectivity index is 0.000000810. The first-order chi connectivity index (χ1) is 4.30. The van der Waals surface area contributed by atoms with Gasteiger partial charge in [-0.1, -0.05) is 0 Å². The monoisotopic (exact) mass is 150 g/mol. The molecule has 0 aromatic rings. The lowest BCUT2D eigenvalue weighted by Crippen LogP contribution is -3.10. The molecule has 0 spiro atoms. The largest absolute Gasteiger partial charge is 0.633 e. The van der Waals surface area contributed by atoms with Crippen molar-refractivity contribution < 1.29 is 15.3 Å². The van der Waals surface area contributed by atoms with E-state index in [9.17, 15) is 5.21 Å². The third-order valence-corrected chi connectivity index (χ3v) is 1.38. The summed E-state index contributed by atoms with van der Waals surface area (Å²) in [6, 6.07) is 0. The van der Waals surface area contributed by atoms with Gasteiger partial charge < -0.3 is 25.8 Å². The highest BCUT2D eigenvalue weighted by Crippen LogP contribution is 1.85. The van der Waals surface area contributed by atoms with E-state index in [-0.39, 0.29) is 16.8 Å². The Labute approximate surface area is 59.8 Å². The van der Waals surface area contributed by atoms with Crippen molar-refractivity contribution in [3.8, 4) is 0 Å². The van der Waals surface area contributed by atoms with E-state index in [4.69, 9.17) is 4.74 Å². The van der Waals surface area contributed by atoms with Crippen molar-refractivity contribution >= 4 is 0 Å². The highest BCUT2D eigenvalue weighted by Gasteiger charge is 2.15. The molecule has 1 aliphatic heterocycles. The molecule has 1 aliphatic rings. The van der Waals surface area contributed by atoms with Gasteiger partial charge in [0.2, 0.25) is 6.23 Å². The summed E-state index contributed by atoms with van der Waals surface area (Å²) in [4.78, 5) is 0. The lowest BCUT2D eigenvalue weighted by Gasteiger charge is -2.30. The van der Waals surface area contributed by atoms with Gasteiger partial charge in [-0.15, -0.1) is 0 Å². The standard InChI is InChI=1S/C5H12N2O2.H2O/c1-7(8)5-4-6-2-3-9-5;/h5-7H,2-4H2,1H3;1H2. The fraction of sp³-hybridized carbons (Fsp3) is 1.00. The molecule has 1 heterocycles. The van der Waals surface area contributed by atoms with Gasteiger partial charge in [0.15, 0.2) is 0 Å². The molecule has 0 amide bonds. The van der Waals surface area contributed by atoms with Gasteiger partial charge in [-0.2, -0.15) is 0 Å². The fourth-order valence-electron chi connectivity index (χ4n) is 0.827. The summed E-state index contributed by atoms with van der Waals surface area (Å²) in [5.41, 5.74) is 0. The Morgan fingerprint density at radius 3 is 2.70 bits per heavy atom. The van der Waals surface area contributed by atoms with E-state index >= 15 is 0 Å². The number of hydrogen-bond donors (Lipinski definition) is 2. The molecule has 1 rings (SSSR count). The molecule has 62 valence electrons. The van der Waals surface area contributed by atoms with Crippen molar-refractivity contribution in [3.63, 3.8) is 0 Å². The number of likely N-dealkylation sites (N-methyl/N-ethyl adjacent to an activating group) is 1. The minimum Gasteiger partial charge on any atom is -0.633 e. The number of ether oxygens (including phenoxy) is 1. The van der Waals surface area contributed by atoms with Crippen molar-refractivity contribution in [3.05, 3.63) is 5.21 Å². The predicted octanol–water partition coefficient (Wildman–Crippen LogP) is -2.88. The van der Waals surface area contributed by atoms with Crippen LogP contribution >= 0.6 is 0 Å².